The van der Waals surface area contributed by atoms with Gasteiger partial charge in [0.2, 0.25) is 0 Å². The van der Waals surface area contributed by atoms with Crippen molar-refractivity contribution in [3.05, 3.63) is 11.5 Å². The van der Waals surface area contributed by atoms with E-state index in [-0.39, 0.29) is 0 Å². The topological polar surface area (TPSA) is 52.0 Å². The standard InChI is InChI=1S/C12H20N2O/c1-8(2)10-11(15-12(13)14-10)9-6-4-3-5-7-9/h8-9H,3-7H2,1-2H3,(H2,13,14). The molecule has 0 aromatic carbocycles. The Morgan fingerprint density at radius 2 is 1.93 bits per heavy atom. The van der Waals surface area contributed by atoms with Crippen LogP contribution in [0.25, 0.3) is 0 Å². The van der Waals surface area contributed by atoms with Crippen molar-refractivity contribution >= 4 is 6.01 Å². The third-order valence-corrected chi connectivity index (χ3v) is 3.22. The largest absolute Gasteiger partial charge is 0.428 e. The van der Waals surface area contributed by atoms with Crippen LogP contribution in [0, 0.1) is 0 Å². The smallest absolute Gasteiger partial charge is 0.292 e. The second-order valence-corrected chi connectivity index (χ2v) is 4.79. The molecule has 3 heteroatoms. The van der Waals surface area contributed by atoms with Gasteiger partial charge in [-0.05, 0) is 18.8 Å². The lowest BCUT2D eigenvalue weighted by Gasteiger charge is -2.20. The Labute approximate surface area is 91.1 Å². The Morgan fingerprint density at radius 3 is 2.53 bits per heavy atom. The minimum absolute atomic E-state index is 0.333. The fourth-order valence-electron chi connectivity index (χ4n) is 2.43. The molecule has 1 aromatic rings. The number of nitrogens with two attached hydrogens (primary N) is 1. The maximum absolute atomic E-state index is 5.65. The third kappa shape index (κ3) is 2.16. The van der Waals surface area contributed by atoms with Gasteiger partial charge in [0.25, 0.3) is 6.01 Å². The summed E-state index contributed by atoms with van der Waals surface area (Å²) < 4.78 is 5.58. The summed E-state index contributed by atoms with van der Waals surface area (Å²) in [5.74, 6) is 2.02. The Kier molecular flexibility index (Phi) is 2.98. The average molecular weight is 208 g/mol. The molecule has 2 N–H and O–H groups in total. The third-order valence-electron chi connectivity index (χ3n) is 3.22. The first-order chi connectivity index (χ1) is 7.18. The second kappa shape index (κ2) is 4.25. The molecule has 1 heterocycles. The van der Waals surface area contributed by atoms with Gasteiger partial charge in [-0.1, -0.05) is 33.1 Å². The summed E-state index contributed by atoms with van der Waals surface area (Å²) >= 11 is 0. The number of oxazole rings is 1. The molecule has 3 nitrogen and oxygen atoms in total. The summed E-state index contributed by atoms with van der Waals surface area (Å²) in [4.78, 5) is 4.30. The number of nitrogen functional groups attached to an aromatic ring is 1. The van der Waals surface area contributed by atoms with Gasteiger partial charge in [-0.15, -0.1) is 0 Å². The van der Waals surface area contributed by atoms with Gasteiger partial charge >= 0.3 is 0 Å². The lowest BCUT2D eigenvalue weighted by Crippen LogP contribution is -2.06. The minimum atomic E-state index is 0.333. The van der Waals surface area contributed by atoms with E-state index >= 15 is 0 Å². The van der Waals surface area contributed by atoms with E-state index in [1.165, 1.54) is 32.1 Å². The zero-order chi connectivity index (χ0) is 10.8. The monoisotopic (exact) mass is 208 g/mol. The first-order valence-electron chi connectivity index (χ1n) is 5.94. The predicted octanol–water partition coefficient (Wildman–Crippen LogP) is 3.43. The zero-order valence-electron chi connectivity index (χ0n) is 9.62. The number of hydrogen-bond acceptors (Lipinski definition) is 3. The van der Waals surface area contributed by atoms with E-state index in [1.54, 1.807) is 0 Å². The number of nitrogens with zero attached hydrogens (tertiary/aromatic N) is 1. The van der Waals surface area contributed by atoms with Crippen molar-refractivity contribution in [2.45, 2.75) is 57.8 Å². The van der Waals surface area contributed by atoms with Crippen LogP contribution in [0.2, 0.25) is 0 Å². The molecular formula is C12H20N2O. The van der Waals surface area contributed by atoms with Crippen LogP contribution in [0.4, 0.5) is 6.01 Å². The van der Waals surface area contributed by atoms with Crippen LogP contribution in [-0.4, -0.2) is 4.98 Å². The first kappa shape index (κ1) is 10.5. The molecule has 0 radical (unpaired) electrons. The van der Waals surface area contributed by atoms with Gasteiger partial charge < -0.3 is 10.2 Å². The molecule has 1 saturated carbocycles. The Hall–Kier alpha value is -0.990. The highest BCUT2D eigenvalue weighted by atomic mass is 16.4. The first-order valence-corrected chi connectivity index (χ1v) is 5.94. The summed E-state index contributed by atoms with van der Waals surface area (Å²) in [6.07, 6.45) is 6.44. The lowest BCUT2D eigenvalue weighted by atomic mass is 9.85. The van der Waals surface area contributed by atoms with Gasteiger partial charge in [0.05, 0.1) is 5.69 Å². The summed E-state index contributed by atoms with van der Waals surface area (Å²) in [6.45, 7) is 4.28. The molecule has 0 spiro atoms. The van der Waals surface area contributed by atoms with E-state index in [9.17, 15) is 0 Å². The van der Waals surface area contributed by atoms with E-state index in [0.717, 1.165) is 11.5 Å². The summed E-state index contributed by atoms with van der Waals surface area (Å²) in [5, 5.41) is 0. The maximum Gasteiger partial charge on any atom is 0.292 e. The van der Waals surface area contributed by atoms with Crippen molar-refractivity contribution < 1.29 is 4.42 Å². The van der Waals surface area contributed by atoms with Gasteiger partial charge in [-0.25, -0.2) is 0 Å². The maximum atomic E-state index is 5.65. The van der Waals surface area contributed by atoms with Gasteiger partial charge in [0.1, 0.15) is 5.76 Å². The quantitative estimate of drug-likeness (QED) is 0.810. The van der Waals surface area contributed by atoms with E-state index in [0.29, 0.717) is 17.9 Å². The molecule has 1 fully saturated rings. The molecule has 1 aliphatic rings. The summed E-state index contributed by atoms with van der Waals surface area (Å²) in [7, 11) is 0. The molecule has 0 bridgehead atoms. The van der Waals surface area contributed by atoms with Crippen molar-refractivity contribution in [3.63, 3.8) is 0 Å². The lowest BCUT2D eigenvalue weighted by molar-refractivity contribution is 0.375. The molecule has 0 atom stereocenters. The Bertz CT molecular complexity index is 324. The highest BCUT2D eigenvalue weighted by Gasteiger charge is 2.24. The average Bonchev–Trinajstić information content (AvgIpc) is 2.62. The van der Waals surface area contributed by atoms with Crippen LogP contribution >= 0.6 is 0 Å². The van der Waals surface area contributed by atoms with E-state index in [4.69, 9.17) is 10.2 Å². The van der Waals surface area contributed by atoms with Crippen molar-refractivity contribution in [1.82, 2.24) is 4.98 Å². The highest BCUT2D eigenvalue weighted by Crippen LogP contribution is 2.37. The number of hydrogen-bond donors (Lipinski definition) is 1. The summed E-state index contributed by atoms with van der Waals surface area (Å²) in [5.41, 5.74) is 6.71. The summed E-state index contributed by atoms with van der Waals surface area (Å²) in [6, 6.07) is 0.333. The molecule has 84 valence electrons. The van der Waals surface area contributed by atoms with Gasteiger partial charge in [0.15, 0.2) is 0 Å². The molecule has 15 heavy (non-hydrogen) atoms. The van der Waals surface area contributed by atoms with Crippen LogP contribution < -0.4 is 5.73 Å². The van der Waals surface area contributed by atoms with Gasteiger partial charge in [-0.2, -0.15) is 4.98 Å². The fourth-order valence-corrected chi connectivity index (χ4v) is 2.43. The molecule has 0 saturated heterocycles. The van der Waals surface area contributed by atoms with E-state index < -0.39 is 0 Å². The normalized spacial score (nSPS) is 18.6. The molecule has 2 rings (SSSR count). The SMILES string of the molecule is CC(C)c1nc(N)oc1C1CCCCC1. The molecule has 1 aromatic heterocycles. The number of rotatable bonds is 2. The molecule has 0 amide bonds. The van der Waals surface area contributed by atoms with Crippen LogP contribution in [0.3, 0.4) is 0 Å². The Morgan fingerprint density at radius 1 is 1.27 bits per heavy atom. The van der Waals surface area contributed by atoms with Crippen LogP contribution in [0.5, 0.6) is 0 Å². The van der Waals surface area contributed by atoms with Crippen molar-refractivity contribution in [3.8, 4) is 0 Å². The van der Waals surface area contributed by atoms with E-state index in [2.05, 4.69) is 18.8 Å². The van der Waals surface area contributed by atoms with Crippen LogP contribution in [-0.2, 0) is 0 Å². The second-order valence-electron chi connectivity index (χ2n) is 4.79. The Balaban J connectivity index is 2.25. The predicted molar refractivity (Wildman–Crippen MR) is 60.8 cm³/mol. The number of anilines is 1. The van der Waals surface area contributed by atoms with Gasteiger partial charge in [-0.3, -0.25) is 0 Å². The molecular weight excluding hydrogens is 188 g/mol. The number of aromatic nitrogens is 1. The molecule has 1 aliphatic carbocycles. The van der Waals surface area contributed by atoms with Crippen molar-refractivity contribution in [2.75, 3.05) is 5.73 Å². The molecule has 0 unspecified atom stereocenters. The van der Waals surface area contributed by atoms with Crippen LogP contribution in [0.15, 0.2) is 4.42 Å². The molecule has 0 aliphatic heterocycles. The van der Waals surface area contributed by atoms with E-state index in [1.807, 2.05) is 0 Å². The van der Waals surface area contributed by atoms with Crippen molar-refractivity contribution in [1.29, 1.82) is 0 Å². The zero-order valence-corrected chi connectivity index (χ0v) is 9.62. The minimum Gasteiger partial charge on any atom is -0.428 e. The highest BCUT2D eigenvalue weighted by molar-refractivity contribution is 5.25. The van der Waals surface area contributed by atoms with Gasteiger partial charge in [0, 0.05) is 5.92 Å². The van der Waals surface area contributed by atoms with Crippen molar-refractivity contribution in [2.24, 2.45) is 0 Å². The fraction of sp³-hybridized carbons (Fsp3) is 0.750. The van der Waals surface area contributed by atoms with Crippen LogP contribution in [0.1, 0.15) is 69.2 Å².